The summed E-state index contributed by atoms with van der Waals surface area (Å²) in [5.41, 5.74) is -0.737. The number of hydrogen-bond acceptors (Lipinski definition) is 8. The van der Waals surface area contributed by atoms with Gasteiger partial charge >= 0.3 is 5.69 Å². The molecule has 0 aliphatic heterocycles. The number of methoxy groups -OCH3 is 3. The smallest absolute Gasteiger partial charge is 0.327 e. The number of thiazole rings is 1. The van der Waals surface area contributed by atoms with Crippen LogP contribution in [0.3, 0.4) is 0 Å². The van der Waals surface area contributed by atoms with E-state index in [-0.39, 0.29) is 22.8 Å². The molecule has 23 heavy (non-hydrogen) atoms. The summed E-state index contributed by atoms with van der Waals surface area (Å²) >= 11 is 1.19. The van der Waals surface area contributed by atoms with Crippen LogP contribution in [0.4, 0.5) is 10.8 Å². The fourth-order valence-corrected chi connectivity index (χ4v) is 2.47. The van der Waals surface area contributed by atoms with Gasteiger partial charge in [0.15, 0.2) is 10.9 Å². The van der Waals surface area contributed by atoms with E-state index in [1.54, 1.807) is 5.38 Å². The molecule has 1 N–H and O–H groups in total. The fourth-order valence-electron chi connectivity index (χ4n) is 1.95. The standard InChI is InChI=1S/C13H13N3O6S/c1-20-8-6-7(12(17)15-13-14-4-5-23-13)9(16(18)19)11(22-3)10(8)21-2/h4-6H,1-3H3,(H,14,15,17). The van der Waals surface area contributed by atoms with Gasteiger partial charge in [-0.2, -0.15) is 0 Å². The maximum atomic E-state index is 12.4. The molecule has 0 spiro atoms. The molecule has 2 rings (SSSR count). The van der Waals surface area contributed by atoms with E-state index in [9.17, 15) is 14.9 Å². The Morgan fingerprint density at radius 2 is 1.96 bits per heavy atom. The highest BCUT2D eigenvalue weighted by Gasteiger charge is 2.32. The van der Waals surface area contributed by atoms with Crippen LogP contribution in [0, 0.1) is 10.1 Å². The summed E-state index contributed by atoms with van der Waals surface area (Å²) in [6.45, 7) is 0. The second kappa shape index (κ2) is 6.92. The number of nitro groups is 1. The van der Waals surface area contributed by atoms with E-state index in [4.69, 9.17) is 14.2 Å². The minimum Gasteiger partial charge on any atom is -0.493 e. The molecule has 0 aliphatic carbocycles. The Balaban J connectivity index is 2.61. The SMILES string of the molecule is COc1cc(C(=O)Nc2nccs2)c([N+](=O)[O-])c(OC)c1OC. The quantitative estimate of drug-likeness (QED) is 0.634. The second-order valence-corrected chi connectivity index (χ2v) is 4.98. The molecule has 0 saturated carbocycles. The maximum Gasteiger partial charge on any atom is 0.327 e. The molecule has 0 radical (unpaired) electrons. The Kier molecular flexibility index (Phi) is 4.96. The van der Waals surface area contributed by atoms with E-state index in [0.717, 1.165) is 0 Å². The molecule has 122 valence electrons. The maximum absolute atomic E-state index is 12.4. The predicted octanol–water partition coefficient (Wildman–Crippen LogP) is 2.33. The molecule has 0 atom stereocenters. The number of carbonyl (C=O) groups excluding carboxylic acids is 1. The Bertz CT molecular complexity index is 732. The van der Waals surface area contributed by atoms with Crippen molar-refractivity contribution in [3.8, 4) is 17.2 Å². The molecule has 1 amide bonds. The molecule has 10 heteroatoms. The molecule has 0 fully saturated rings. The lowest BCUT2D eigenvalue weighted by Gasteiger charge is -2.14. The largest absolute Gasteiger partial charge is 0.493 e. The third-order valence-corrected chi connectivity index (χ3v) is 3.57. The van der Waals surface area contributed by atoms with E-state index < -0.39 is 16.5 Å². The Labute approximate surface area is 135 Å². The molecule has 0 bridgehead atoms. The van der Waals surface area contributed by atoms with Gasteiger partial charge in [-0.05, 0) is 0 Å². The summed E-state index contributed by atoms with van der Waals surface area (Å²) < 4.78 is 15.3. The van der Waals surface area contributed by atoms with Gasteiger partial charge in [0, 0.05) is 17.6 Å². The Hall–Kier alpha value is -2.88. The number of nitrogens with one attached hydrogen (secondary N) is 1. The van der Waals surface area contributed by atoms with Gasteiger partial charge in [0.25, 0.3) is 5.91 Å². The van der Waals surface area contributed by atoms with Crippen LogP contribution in [-0.2, 0) is 0 Å². The molecule has 9 nitrogen and oxygen atoms in total. The highest BCUT2D eigenvalue weighted by Crippen LogP contribution is 2.46. The highest BCUT2D eigenvalue weighted by molar-refractivity contribution is 7.13. The average molecular weight is 339 g/mol. The first-order valence-electron chi connectivity index (χ1n) is 6.21. The number of ether oxygens (including phenoxy) is 3. The van der Waals surface area contributed by atoms with Crippen LogP contribution in [0.25, 0.3) is 0 Å². The summed E-state index contributed by atoms with van der Waals surface area (Å²) in [5.74, 6) is -0.723. The van der Waals surface area contributed by atoms with Gasteiger partial charge in [-0.25, -0.2) is 4.98 Å². The molecule has 0 unspecified atom stereocenters. The van der Waals surface area contributed by atoms with Gasteiger partial charge in [-0.15, -0.1) is 11.3 Å². The number of nitro benzene ring substituents is 1. The first kappa shape index (κ1) is 16.5. The molecule has 2 aromatic rings. The van der Waals surface area contributed by atoms with E-state index in [1.807, 2.05) is 0 Å². The average Bonchev–Trinajstić information content (AvgIpc) is 3.05. The monoisotopic (exact) mass is 339 g/mol. The van der Waals surface area contributed by atoms with Gasteiger partial charge in [0.1, 0.15) is 5.56 Å². The Morgan fingerprint density at radius 3 is 2.43 bits per heavy atom. The first-order chi connectivity index (χ1) is 11.0. The van der Waals surface area contributed by atoms with Crippen LogP contribution in [0.2, 0.25) is 0 Å². The number of amides is 1. The molecule has 1 aromatic carbocycles. The third-order valence-electron chi connectivity index (χ3n) is 2.88. The third kappa shape index (κ3) is 3.16. The zero-order valence-electron chi connectivity index (χ0n) is 12.5. The van der Waals surface area contributed by atoms with Gasteiger partial charge in [0.05, 0.1) is 26.3 Å². The van der Waals surface area contributed by atoms with Gasteiger partial charge in [-0.3, -0.25) is 20.2 Å². The van der Waals surface area contributed by atoms with Crippen molar-refractivity contribution in [2.75, 3.05) is 26.6 Å². The van der Waals surface area contributed by atoms with Crippen LogP contribution in [0.1, 0.15) is 10.4 Å². The van der Waals surface area contributed by atoms with E-state index in [0.29, 0.717) is 5.13 Å². The molecular formula is C13H13N3O6S. The number of aromatic nitrogens is 1. The molecular weight excluding hydrogens is 326 g/mol. The van der Waals surface area contributed by atoms with Crippen molar-refractivity contribution in [3.05, 3.63) is 33.3 Å². The lowest BCUT2D eigenvalue weighted by Crippen LogP contribution is -2.15. The Morgan fingerprint density at radius 1 is 1.26 bits per heavy atom. The summed E-state index contributed by atoms with van der Waals surface area (Å²) in [6, 6.07) is 1.22. The topological polar surface area (TPSA) is 113 Å². The van der Waals surface area contributed by atoms with Crippen molar-refractivity contribution in [2.45, 2.75) is 0 Å². The molecule has 0 aliphatic rings. The summed E-state index contributed by atoms with van der Waals surface area (Å²) in [7, 11) is 3.91. The van der Waals surface area contributed by atoms with Crippen molar-refractivity contribution in [2.24, 2.45) is 0 Å². The number of rotatable bonds is 6. The van der Waals surface area contributed by atoms with Gasteiger partial charge in [0.2, 0.25) is 11.5 Å². The van der Waals surface area contributed by atoms with E-state index >= 15 is 0 Å². The minimum absolute atomic E-state index is 0.0347. The van der Waals surface area contributed by atoms with E-state index in [1.165, 1.54) is 44.9 Å². The predicted molar refractivity (Wildman–Crippen MR) is 82.8 cm³/mol. The lowest BCUT2D eigenvalue weighted by atomic mass is 10.1. The fraction of sp³-hybridized carbons (Fsp3) is 0.231. The zero-order valence-corrected chi connectivity index (χ0v) is 13.3. The summed E-state index contributed by atoms with van der Waals surface area (Å²) in [4.78, 5) is 27.0. The molecule has 0 saturated heterocycles. The van der Waals surface area contributed by atoms with Crippen LogP contribution < -0.4 is 19.5 Å². The van der Waals surface area contributed by atoms with Crippen molar-refractivity contribution >= 4 is 28.1 Å². The lowest BCUT2D eigenvalue weighted by molar-refractivity contribution is -0.386. The number of hydrogen-bond donors (Lipinski definition) is 1. The van der Waals surface area contributed by atoms with Crippen LogP contribution >= 0.6 is 11.3 Å². The number of anilines is 1. The summed E-state index contributed by atoms with van der Waals surface area (Å²) in [6.07, 6.45) is 1.50. The highest BCUT2D eigenvalue weighted by atomic mass is 32.1. The van der Waals surface area contributed by atoms with Crippen LogP contribution in [-0.4, -0.2) is 37.1 Å². The molecule has 1 heterocycles. The van der Waals surface area contributed by atoms with Crippen molar-refractivity contribution < 1.29 is 23.9 Å². The van der Waals surface area contributed by atoms with Crippen LogP contribution in [0.5, 0.6) is 17.2 Å². The second-order valence-electron chi connectivity index (χ2n) is 4.09. The number of nitrogens with zero attached hydrogens (tertiary/aromatic N) is 2. The number of carbonyl (C=O) groups is 1. The van der Waals surface area contributed by atoms with Gasteiger partial charge < -0.3 is 14.2 Å². The zero-order chi connectivity index (χ0) is 17.0. The normalized spacial score (nSPS) is 10.0. The first-order valence-corrected chi connectivity index (χ1v) is 7.09. The van der Waals surface area contributed by atoms with Crippen molar-refractivity contribution in [1.82, 2.24) is 4.98 Å². The van der Waals surface area contributed by atoms with Crippen molar-refractivity contribution in [1.29, 1.82) is 0 Å². The van der Waals surface area contributed by atoms with Crippen molar-refractivity contribution in [3.63, 3.8) is 0 Å². The van der Waals surface area contributed by atoms with E-state index in [2.05, 4.69) is 10.3 Å². The number of benzene rings is 1. The van der Waals surface area contributed by atoms with Gasteiger partial charge in [-0.1, -0.05) is 0 Å². The van der Waals surface area contributed by atoms with Crippen LogP contribution in [0.15, 0.2) is 17.6 Å². The summed E-state index contributed by atoms with van der Waals surface area (Å²) in [5, 5.41) is 15.9. The molecule has 1 aromatic heterocycles. The minimum atomic E-state index is -0.711.